The first kappa shape index (κ1) is 13.5. The third kappa shape index (κ3) is 2.75. The number of carbonyl (C=O) groups is 2. The lowest BCUT2D eigenvalue weighted by atomic mass is 9.88. The van der Waals surface area contributed by atoms with Crippen molar-refractivity contribution in [3.8, 4) is 0 Å². The molecule has 0 aliphatic carbocycles. The standard InChI is InChI=1S/C14H19N3O2/c1-9(2)10-7-17(8-10)14(19)12-6-4-5-11(16-12)13(18)15-3/h4-6,9-10H,7-8H2,1-3H3,(H,15,18). The van der Waals surface area contributed by atoms with E-state index in [0.29, 0.717) is 17.5 Å². The van der Waals surface area contributed by atoms with E-state index in [4.69, 9.17) is 0 Å². The number of rotatable bonds is 3. The third-order valence-electron chi connectivity index (χ3n) is 3.57. The van der Waals surface area contributed by atoms with Crippen LogP contribution in [0.15, 0.2) is 18.2 Å². The highest BCUT2D eigenvalue weighted by molar-refractivity contribution is 5.96. The summed E-state index contributed by atoms with van der Waals surface area (Å²) in [4.78, 5) is 29.6. The molecule has 5 heteroatoms. The maximum atomic E-state index is 12.2. The van der Waals surface area contributed by atoms with E-state index >= 15 is 0 Å². The molecule has 0 aromatic carbocycles. The molecule has 0 unspecified atom stereocenters. The van der Waals surface area contributed by atoms with Gasteiger partial charge in [-0.3, -0.25) is 9.59 Å². The molecule has 2 rings (SSSR count). The zero-order valence-electron chi connectivity index (χ0n) is 11.5. The van der Waals surface area contributed by atoms with Gasteiger partial charge in [-0.15, -0.1) is 0 Å². The fourth-order valence-corrected chi connectivity index (χ4v) is 2.07. The van der Waals surface area contributed by atoms with Gasteiger partial charge in [0.1, 0.15) is 11.4 Å². The van der Waals surface area contributed by atoms with Crippen molar-refractivity contribution in [3.05, 3.63) is 29.6 Å². The first-order valence-electron chi connectivity index (χ1n) is 6.51. The molecule has 1 aliphatic heterocycles. The molecule has 1 aromatic heterocycles. The first-order valence-corrected chi connectivity index (χ1v) is 6.51. The predicted molar refractivity (Wildman–Crippen MR) is 71.9 cm³/mol. The summed E-state index contributed by atoms with van der Waals surface area (Å²) in [7, 11) is 1.54. The minimum atomic E-state index is -0.279. The molecule has 0 atom stereocenters. The Balaban J connectivity index is 2.06. The molecular formula is C14H19N3O2. The van der Waals surface area contributed by atoms with E-state index in [1.165, 1.54) is 0 Å². The second-order valence-corrected chi connectivity index (χ2v) is 5.20. The predicted octanol–water partition coefficient (Wildman–Crippen LogP) is 1.17. The summed E-state index contributed by atoms with van der Waals surface area (Å²) < 4.78 is 0. The van der Waals surface area contributed by atoms with Crippen LogP contribution in [0.2, 0.25) is 0 Å². The molecule has 0 saturated carbocycles. The van der Waals surface area contributed by atoms with E-state index in [1.807, 2.05) is 0 Å². The Morgan fingerprint density at radius 1 is 1.32 bits per heavy atom. The van der Waals surface area contributed by atoms with Crippen LogP contribution in [-0.2, 0) is 0 Å². The van der Waals surface area contributed by atoms with E-state index in [-0.39, 0.29) is 17.5 Å². The Morgan fingerprint density at radius 3 is 2.53 bits per heavy atom. The Morgan fingerprint density at radius 2 is 1.95 bits per heavy atom. The molecular weight excluding hydrogens is 242 g/mol. The van der Waals surface area contributed by atoms with Crippen molar-refractivity contribution in [3.63, 3.8) is 0 Å². The maximum Gasteiger partial charge on any atom is 0.272 e. The van der Waals surface area contributed by atoms with Gasteiger partial charge in [0.15, 0.2) is 0 Å². The lowest BCUT2D eigenvalue weighted by Crippen LogP contribution is -2.52. The second-order valence-electron chi connectivity index (χ2n) is 5.20. The fourth-order valence-electron chi connectivity index (χ4n) is 2.07. The topological polar surface area (TPSA) is 62.3 Å². The van der Waals surface area contributed by atoms with Gasteiger partial charge < -0.3 is 10.2 Å². The molecule has 19 heavy (non-hydrogen) atoms. The molecule has 0 spiro atoms. The molecule has 0 radical (unpaired) electrons. The molecule has 5 nitrogen and oxygen atoms in total. The van der Waals surface area contributed by atoms with Crippen LogP contribution < -0.4 is 5.32 Å². The number of nitrogens with one attached hydrogen (secondary N) is 1. The highest BCUT2D eigenvalue weighted by atomic mass is 16.2. The van der Waals surface area contributed by atoms with Crippen LogP contribution in [-0.4, -0.2) is 41.8 Å². The summed E-state index contributed by atoms with van der Waals surface area (Å²) in [6.07, 6.45) is 0. The van der Waals surface area contributed by atoms with Gasteiger partial charge in [0.05, 0.1) is 0 Å². The quantitative estimate of drug-likeness (QED) is 0.888. The molecule has 1 fully saturated rings. The molecule has 1 aliphatic rings. The molecule has 1 N–H and O–H groups in total. The van der Waals surface area contributed by atoms with Crippen LogP contribution in [0.3, 0.4) is 0 Å². The van der Waals surface area contributed by atoms with Crippen LogP contribution >= 0.6 is 0 Å². The maximum absolute atomic E-state index is 12.2. The van der Waals surface area contributed by atoms with Gasteiger partial charge in [-0.2, -0.15) is 0 Å². The molecule has 2 amide bonds. The number of nitrogens with zero attached hydrogens (tertiary/aromatic N) is 2. The number of hydrogen-bond donors (Lipinski definition) is 1. The summed E-state index contributed by atoms with van der Waals surface area (Å²) >= 11 is 0. The SMILES string of the molecule is CNC(=O)c1cccc(C(=O)N2CC(C(C)C)C2)n1. The first-order chi connectivity index (χ1) is 9.02. The number of carbonyl (C=O) groups excluding carboxylic acids is 2. The normalized spacial score (nSPS) is 15.3. The van der Waals surface area contributed by atoms with E-state index in [9.17, 15) is 9.59 Å². The summed E-state index contributed by atoms with van der Waals surface area (Å²) in [5.74, 6) is 0.793. The number of pyridine rings is 1. The largest absolute Gasteiger partial charge is 0.354 e. The lowest BCUT2D eigenvalue weighted by molar-refractivity contribution is 0.0401. The molecule has 2 heterocycles. The Labute approximate surface area is 113 Å². The summed E-state index contributed by atoms with van der Waals surface area (Å²) in [5.41, 5.74) is 0.609. The number of likely N-dealkylation sites (tertiary alicyclic amines) is 1. The molecule has 1 aromatic rings. The average molecular weight is 261 g/mol. The van der Waals surface area contributed by atoms with Gasteiger partial charge in [0.2, 0.25) is 0 Å². The van der Waals surface area contributed by atoms with Crippen molar-refractivity contribution < 1.29 is 9.59 Å². The third-order valence-corrected chi connectivity index (χ3v) is 3.57. The van der Waals surface area contributed by atoms with Crippen LogP contribution in [0.1, 0.15) is 34.8 Å². The highest BCUT2D eigenvalue weighted by Crippen LogP contribution is 2.24. The lowest BCUT2D eigenvalue weighted by Gasteiger charge is -2.41. The van der Waals surface area contributed by atoms with Crippen molar-refractivity contribution in [2.75, 3.05) is 20.1 Å². The van der Waals surface area contributed by atoms with E-state index in [0.717, 1.165) is 13.1 Å². The van der Waals surface area contributed by atoms with Gasteiger partial charge in [-0.1, -0.05) is 19.9 Å². The smallest absolute Gasteiger partial charge is 0.272 e. The van der Waals surface area contributed by atoms with E-state index < -0.39 is 0 Å². The van der Waals surface area contributed by atoms with Crippen molar-refractivity contribution in [2.24, 2.45) is 11.8 Å². The number of amides is 2. The summed E-state index contributed by atoms with van der Waals surface area (Å²) in [5, 5.41) is 2.50. The van der Waals surface area contributed by atoms with E-state index in [1.54, 1.807) is 30.1 Å². The average Bonchev–Trinajstić information content (AvgIpc) is 2.35. The fraction of sp³-hybridized carbons (Fsp3) is 0.500. The molecule has 0 bridgehead atoms. The van der Waals surface area contributed by atoms with Crippen molar-refractivity contribution in [1.29, 1.82) is 0 Å². The zero-order chi connectivity index (χ0) is 14.0. The minimum absolute atomic E-state index is 0.0948. The Hall–Kier alpha value is -1.91. The van der Waals surface area contributed by atoms with E-state index in [2.05, 4.69) is 24.1 Å². The zero-order valence-corrected chi connectivity index (χ0v) is 11.5. The molecule has 102 valence electrons. The van der Waals surface area contributed by atoms with Gasteiger partial charge in [-0.05, 0) is 24.0 Å². The van der Waals surface area contributed by atoms with Gasteiger partial charge in [-0.25, -0.2) is 4.98 Å². The van der Waals surface area contributed by atoms with Crippen LogP contribution in [0.5, 0.6) is 0 Å². The monoisotopic (exact) mass is 261 g/mol. The van der Waals surface area contributed by atoms with Gasteiger partial charge >= 0.3 is 0 Å². The Bertz CT molecular complexity index is 493. The number of hydrogen-bond acceptors (Lipinski definition) is 3. The highest BCUT2D eigenvalue weighted by Gasteiger charge is 2.33. The van der Waals surface area contributed by atoms with Crippen molar-refractivity contribution in [1.82, 2.24) is 15.2 Å². The molecule has 1 saturated heterocycles. The van der Waals surface area contributed by atoms with Crippen LogP contribution in [0, 0.1) is 11.8 Å². The van der Waals surface area contributed by atoms with Crippen molar-refractivity contribution >= 4 is 11.8 Å². The van der Waals surface area contributed by atoms with Gasteiger partial charge in [0, 0.05) is 20.1 Å². The number of aromatic nitrogens is 1. The van der Waals surface area contributed by atoms with Gasteiger partial charge in [0.25, 0.3) is 11.8 Å². The van der Waals surface area contributed by atoms with Crippen LogP contribution in [0.4, 0.5) is 0 Å². The second kappa shape index (κ2) is 5.38. The Kier molecular flexibility index (Phi) is 3.83. The summed E-state index contributed by atoms with van der Waals surface area (Å²) in [6.45, 7) is 5.89. The van der Waals surface area contributed by atoms with Crippen LogP contribution in [0.25, 0.3) is 0 Å². The van der Waals surface area contributed by atoms with Crippen molar-refractivity contribution in [2.45, 2.75) is 13.8 Å². The minimum Gasteiger partial charge on any atom is -0.354 e. The summed E-state index contributed by atoms with van der Waals surface area (Å²) in [6, 6.07) is 4.94.